The van der Waals surface area contributed by atoms with Crippen molar-refractivity contribution in [3.63, 3.8) is 0 Å². The zero-order valence-corrected chi connectivity index (χ0v) is 19.3. The molecule has 0 unspecified atom stereocenters. The normalized spacial score (nSPS) is 12.2. The van der Waals surface area contributed by atoms with E-state index in [4.69, 9.17) is 9.47 Å². The molecule has 0 fully saturated rings. The quantitative estimate of drug-likeness (QED) is 0.435. The fourth-order valence-electron chi connectivity index (χ4n) is 3.43. The second kappa shape index (κ2) is 12.9. The van der Waals surface area contributed by atoms with Crippen molar-refractivity contribution in [2.75, 3.05) is 7.11 Å². The lowest BCUT2D eigenvalue weighted by Gasteiger charge is -2.22. The van der Waals surface area contributed by atoms with E-state index in [0.717, 1.165) is 11.1 Å². The number of ether oxygens (including phenoxy) is 2. The highest BCUT2D eigenvalue weighted by molar-refractivity contribution is 5.90. The van der Waals surface area contributed by atoms with Gasteiger partial charge in [0.1, 0.15) is 24.5 Å². The van der Waals surface area contributed by atoms with E-state index in [2.05, 4.69) is 10.6 Å². The number of nitrogens with one attached hydrogen (secondary N) is 2. The highest BCUT2D eigenvalue weighted by Crippen LogP contribution is 2.09. The summed E-state index contributed by atoms with van der Waals surface area (Å²) in [5, 5.41) is 5.23. The van der Waals surface area contributed by atoms with E-state index in [-0.39, 0.29) is 19.4 Å². The third-order valence-corrected chi connectivity index (χ3v) is 5.26. The van der Waals surface area contributed by atoms with Crippen molar-refractivity contribution in [3.05, 3.63) is 107 Å². The van der Waals surface area contributed by atoms with Crippen LogP contribution in [0.5, 0.6) is 0 Å². The average Bonchev–Trinajstić information content (AvgIpc) is 2.88. The Morgan fingerprint density at radius 1 is 0.743 bits per heavy atom. The largest absolute Gasteiger partial charge is 0.467 e. The Morgan fingerprint density at radius 2 is 1.29 bits per heavy atom. The first-order chi connectivity index (χ1) is 16.9. The van der Waals surface area contributed by atoms with Crippen LogP contribution in [0.15, 0.2) is 84.9 Å². The maximum absolute atomic E-state index is 13.3. The fourth-order valence-corrected chi connectivity index (χ4v) is 3.43. The second-order valence-electron chi connectivity index (χ2n) is 7.86. The van der Waals surface area contributed by atoms with Gasteiger partial charge in [-0.1, -0.05) is 72.8 Å². The lowest BCUT2D eigenvalue weighted by Crippen LogP contribution is -2.53. The Labute approximate surface area is 203 Å². The van der Waals surface area contributed by atoms with Crippen molar-refractivity contribution in [2.45, 2.75) is 31.5 Å². The lowest BCUT2D eigenvalue weighted by molar-refractivity contribution is -0.145. The van der Waals surface area contributed by atoms with Gasteiger partial charge in [-0.3, -0.25) is 4.79 Å². The molecule has 2 atom stereocenters. The summed E-state index contributed by atoms with van der Waals surface area (Å²) in [6, 6.07) is 21.8. The van der Waals surface area contributed by atoms with Gasteiger partial charge >= 0.3 is 12.1 Å². The van der Waals surface area contributed by atoms with Crippen LogP contribution in [-0.2, 0) is 38.5 Å². The molecule has 0 aliphatic rings. The number of benzene rings is 3. The SMILES string of the molecule is COC(=O)[C@H](Cc1ccccc1)NC(=O)[C@H](Cc1ccc(F)cc1)NC(=O)OCc1ccccc1. The van der Waals surface area contributed by atoms with Gasteiger partial charge in [0.05, 0.1) is 7.11 Å². The average molecular weight is 479 g/mol. The molecule has 7 nitrogen and oxygen atoms in total. The topological polar surface area (TPSA) is 93.7 Å². The van der Waals surface area contributed by atoms with Crippen molar-refractivity contribution >= 4 is 18.0 Å². The van der Waals surface area contributed by atoms with E-state index in [1.165, 1.54) is 31.4 Å². The van der Waals surface area contributed by atoms with Gasteiger partial charge in [0.15, 0.2) is 0 Å². The zero-order chi connectivity index (χ0) is 25.0. The van der Waals surface area contributed by atoms with Crippen molar-refractivity contribution in [1.29, 1.82) is 0 Å². The van der Waals surface area contributed by atoms with E-state index >= 15 is 0 Å². The Bertz CT molecular complexity index is 1110. The van der Waals surface area contributed by atoms with E-state index in [1.807, 2.05) is 48.5 Å². The summed E-state index contributed by atoms with van der Waals surface area (Å²) < 4.78 is 23.5. The number of esters is 1. The number of hydrogen-bond donors (Lipinski definition) is 2. The summed E-state index contributed by atoms with van der Waals surface area (Å²) in [5.74, 6) is -1.63. The summed E-state index contributed by atoms with van der Waals surface area (Å²) >= 11 is 0. The van der Waals surface area contributed by atoms with Crippen LogP contribution in [0.25, 0.3) is 0 Å². The maximum atomic E-state index is 13.3. The summed E-state index contributed by atoms with van der Waals surface area (Å²) in [4.78, 5) is 38.0. The van der Waals surface area contributed by atoms with Crippen LogP contribution in [0.3, 0.4) is 0 Å². The third kappa shape index (κ3) is 8.26. The summed E-state index contributed by atoms with van der Waals surface area (Å²) in [7, 11) is 1.24. The van der Waals surface area contributed by atoms with Gasteiger partial charge in [-0.15, -0.1) is 0 Å². The van der Waals surface area contributed by atoms with E-state index in [0.29, 0.717) is 5.56 Å². The van der Waals surface area contributed by atoms with Crippen LogP contribution in [0.4, 0.5) is 9.18 Å². The molecular weight excluding hydrogens is 451 g/mol. The lowest BCUT2D eigenvalue weighted by atomic mass is 10.0. The second-order valence-corrected chi connectivity index (χ2v) is 7.86. The molecule has 182 valence electrons. The Hall–Kier alpha value is -4.20. The molecule has 35 heavy (non-hydrogen) atoms. The van der Waals surface area contributed by atoms with E-state index in [1.54, 1.807) is 12.1 Å². The molecule has 0 aliphatic carbocycles. The molecule has 2 amide bonds. The molecule has 3 rings (SSSR count). The smallest absolute Gasteiger partial charge is 0.408 e. The molecule has 0 aromatic heterocycles. The van der Waals surface area contributed by atoms with Gasteiger partial charge in [0, 0.05) is 12.8 Å². The molecule has 3 aromatic rings. The van der Waals surface area contributed by atoms with Gasteiger partial charge in [-0.25, -0.2) is 14.0 Å². The third-order valence-electron chi connectivity index (χ3n) is 5.26. The summed E-state index contributed by atoms with van der Waals surface area (Å²) in [6.45, 7) is 0.0242. The number of amides is 2. The molecular formula is C27H27FN2O5. The van der Waals surface area contributed by atoms with Gasteiger partial charge in [-0.05, 0) is 28.8 Å². The first kappa shape index (κ1) is 25.4. The minimum Gasteiger partial charge on any atom is -0.467 e. The Kier molecular flexibility index (Phi) is 9.36. The minimum atomic E-state index is -1.08. The molecule has 0 saturated carbocycles. The van der Waals surface area contributed by atoms with Crippen LogP contribution >= 0.6 is 0 Å². The molecule has 0 spiro atoms. The van der Waals surface area contributed by atoms with Crippen LogP contribution in [0.2, 0.25) is 0 Å². The van der Waals surface area contributed by atoms with Crippen LogP contribution in [0.1, 0.15) is 16.7 Å². The van der Waals surface area contributed by atoms with Gasteiger partial charge in [-0.2, -0.15) is 0 Å². The highest BCUT2D eigenvalue weighted by atomic mass is 19.1. The zero-order valence-electron chi connectivity index (χ0n) is 19.3. The van der Waals surface area contributed by atoms with Crippen molar-refractivity contribution in [2.24, 2.45) is 0 Å². The van der Waals surface area contributed by atoms with Crippen molar-refractivity contribution < 1.29 is 28.2 Å². The molecule has 0 heterocycles. The van der Waals surface area contributed by atoms with Gasteiger partial charge < -0.3 is 20.1 Å². The first-order valence-corrected chi connectivity index (χ1v) is 11.1. The maximum Gasteiger partial charge on any atom is 0.408 e. The number of alkyl carbamates (subject to hydrolysis) is 1. The standard InChI is InChI=1S/C27H27FN2O5/c1-34-26(32)24(17-19-8-4-2-5-9-19)29-25(31)23(16-20-12-14-22(28)15-13-20)30-27(33)35-18-21-10-6-3-7-11-21/h2-15,23-24H,16-18H2,1H3,(H,29,31)(H,30,33)/t23-,24-/m0/s1. The molecule has 8 heteroatoms. The number of methoxy groups -OCH3 is 1. The summed E-state index contributed by atoms with van der Waals surface area (Å²) in [6.07, 6.45) is -0.527. The van der Waals surface area contributed by atoms with Crippen molar-refractivity contribution in [1.82, 2.24) is 10.6 Å². The molecule has 2 N–H and O–H groups in total. The van der Waals surface area contributed by atoms with Crippen molar-refractivity contribution in [3.8, 4) is 0 Å². The monoisotopic (exact) mass is 478 g/mol. The van der Waals surface area contributed by atoms with E-state index in [9.17, 15) is 18.8 Å². The van der Waals surface area contributed by atoms with Crippen LogP contribution in [0, 0.1) is 5.82 Å². The van der Waals surface area contributed by atoms with E-state index < -0.39 is 35.9 Å². The predicted octanol–water partition coefficient (Wildman–Crippen LogP) is 3.56. The Morgan fingerprint density at radius 3 is 1.89 bits per heavy atom. The number of hydrogen-bond acceptors (Lipinski definition) is 5. The molecule has 0 aliphatic heterocycles. The molecule has 0 bridgehead atoms. The molecule has 0 radical (unpaired) electrons. The fraction of sp³-hybridized carbons (Fsp3) is 0.222. The molecule has 3 aromatic carbocycles. The van der Waals surface area contributed by atoms with Crippen LogP contribution < -0.4 is 10.6 Å². The predicted molar refractivity (Wildman–Crippen MR) is 128 cm³/mol. The minimum absolute atomic E-state index is 0.0242. The van der Waals surface area contributed by atoms with Crippen LogP contribution in [-0.4, -0.2) is 37.2 Å². The number of carbonyl (C=O) groups excluding carboxylic acids is 3. The highest BCUT2D eigenvalue weighted by Gasteiger charge is 2.28. The number of rotatable bonds is 10. The first-order valence-electron chi connectivity index (χ1n) is 11.1. The molecule has 0 saturated heterocycles. The van der Waals surface area contributed by atoms with Gasteiger partial charge in [0.25, 0.3) is 0 Å². The number of halogens is 1. The Balaban J connectivity index is 1.72. The van der Waals surface area contributed by atoms with Gasteiger partial charge in [0.2, 0.25) is 5.91 Å². The number of carbonyl (C=O) groups is 3. The summed E-state index contributed by atoms with van der Waals surface area (Å²) in [5.41, 5.74) is 2.23.